The molecule has 0 bridgehead atoms. The maximum Gasteiger partial charge on any atom is 0.246 e. The van der Waals surface area contributed by atoms with Crippen LogP contribution in [0.2, 0.25) is 5.02 Å². The number of nitrogens with one attached hydrogen (secondary N) is 2. The zero-order chi connectivity index (χ0) is 16.1. The molecule has 2 N–H and O–H groups in total. The summed E-state index contributed by atoms with van der Waals surface area (Å²) in [6, 6.07) is 12.6. The first-order chi connectivity index (χ1) is 10.5. The molecule has 1 atom stereocenters. The van der Waals surface area contributed by atoms with Gasteiger partial charge in [-0.2, -0.15) is 0 Å². The van der Waals surface area contributed by atoms with Crippen LogP contribution in [-0.4, -0.2) is 19.1 Å². The van der Waals surface area contributed by atoms with E-state index in [1.165, 1.54) is 0 Å². The van der Waals surface area contributed by atoms with Gasteiger partial charge >= 0.3 is 0 Å². The summed E-state index contributed by atoms with van der Waals surface area (Å²) in [6.07, 6.45) is 0. The first-order valence-electron chi connectivity index (χ1n) is 6.97. The van der Waals surface area contributed by atoms with Crippen LogP contribution in [0.1, 0.15) is 12.5 Å². The van der Waals surface area contributed by atoms with Crippen LogP contribution < -0.4 is 15.4 Å². The molecule has 0 aliphatic carbocycles. The SMILES string of the molecule is COc1ccc(Cl)cc1NC(=O)[C@@H](C)Nc1cccc(C)c1. The van der Waals surface area contributed by atoms with Crippen LogP contribution in [0.15, 0.2) is 42.5 Å². The lowest BCUT2D eigenvalue weighted by Crippen LogP contribution is -2.32. The number of benzene rings is 2. The van der Waals surface area contributed by atoms with Crippen LogP contribution in [0.5, 0.6) is 5.75 Å². The second-order valence-corrected chi connectivity index (χ2v) is 5.51. The lowest BCUT2D eigenvalue weighted by atomic mass is 10.2. The van der Waals surface area contributed by atoms with Crippen molar-refractivity contribution in [3.8, 4) is 5.75 Å². The van der Waals surface area contributed by atoms with E-state index in [2.05, 4.69) is 10.6 Å². The fourth-order valence-corrected chi connectivity index (χ4v) is 2.24. The van der Waals surface area contributed by atoms with Crippen molar-refractivity contribution in [1.29, 1.82) is 0 Å². The van der Waals surface area contributed by atoms with Crippen molar-refractivity contribution in [1.82, 2.24) is 0 Å². The molecule has 0 aromatic heterocycles. The van der Waals surface area contributed by atoms with Crippen molar-refractivity contribution >= 4 is 28.9 Å². The third-order valence-corrected chi connectivity index (χ3v) is 3.45. The van der Waals surface area contributed by atoms with Crippen LogP contribution in [-0.2, 0) is 4.79 Å². The highest BCUT2D eigenvalue weighted by Crippen LogP contribution is 2.27. The van der Waals surface area contributed by atoms with Crippen LogP contribution in [0.25, 0.3) is 0 Å². The molecule has 0 unspecified atom stereocenters. The molecule has 1 amide bonds. The van der Waals surface area contributed by atoms with Crippen LogP contribution in [0.4, 0.5) is 11.4 Å². The Morgan fingerprint density at radius 2 is 2.00 bits per heavy atom. The fourth-order valence-electron chi connectivity index (χ4n) is 2.07. The van der Waals surface area contributed by atoms with Gasteiger partial charge < -0.3 is 15.4 Å². The molecule has 0 saturated carbocycles. The second-order valence-electron chi connectivity index (χ2n) is 5.07. The van der Waals surface area contributed by atoms with E-state index < -0.39 is 6.04 Å². The number of anilines is 2. The molecule has 22 heavy (non-hydrogen) atoms. The Kier molecular flexibility index (Phi) is 5.28. The van der Waals surface area contributed by atoms with E-state index >= 15 is 0 Å². The second kappa shape index (κ2) is 7.18. The van der Waals surface area contributed by atoms with Gasteiger partial charge in [-0.3, -0.25) is 4.79 Å². The van der Waals surface area contributed by atoms with Crippen LogP contribution >= 0.6 is 11.6 Å². The number of hydrogen-bond donors (Lipinski definition) is 2. The maximum absolute atomic E-state index is 12.3. The lowest BCUT2D eigenvalue weighted by molar-refractivity contribution is -0.116. The summed E-state index contributed by atoms with van der Waals surface area (Å²) in [4.78, 5) is 12.3. The Morgan fingerprint density at radius 1 is 1.23 bits per heavy atom. The van der Waals surface area contributed by atoms with Gasteiger partial charge in [0.05, 0.1) is 12.8 Å². The molecular weight excluding hydrogens is 300 g/mol. The molecular formula is C17H19ClN2O2. The third-order valence-electron chi connectivity index (χ3n) is 3.21. The smallest absolute Gasteiger partial charge is 0.246 e. The van der Waals surface area contributed by atoms with Crippen LogP contribution in [0.3, 0.4) is 0 Å². The first kappa shape index (κ1) is 16.2. The number of ether oxygens (including phenoxy) is 1. The molecule has 0 aliphatic rings. The van der Waals surface area contributed by atoms with Gasteiger partial charge in [-0.15, -0.1) is 0 Å². The molecule has 0 aliphatic heterocycles. The van der Waals surface area contributed by atoms with Gasteiger partial charge in [0.15, 0.2) is 0 Å². The van der Waals surface area contributed by atoms with Gasteiger partial charge in [0.2, 0.25) is 5.91 Å². The monoisotopic (exact) mass is 318 g/mol. The van der Waals surface area contributed by atoms with Gasteiger partial charge in [0, 0.05) is 10.7 Å². The molecule has 0 radical (unpaired) electrons. The Bertz CT molecular complexity index is 673. The van der Waals surface area contributed by atoms with Crippen molar-refractivity contribution in [3.63, 3.8) is 0 Å². The lowest BCUT2D eigenvalue weighted by Gasteiger charge is -2.17. The Hall–Kier alpha value is -2.20. The van der Waals surface area contributed by atoms with Crippen molar-refractivity contribution < 1.29 is 9.53 Å². The normalized spacial score (nSPS) is 11.6. The molecule has 2 aromatic rings. The minimum absolute atomic E-state index is 0.165. The zero-order valence-corrected chi connectivity index (χ0v) is 13.6. The molecule has 2 aromatic carbocycles. The van der Waals surface area contributed by atoms with E-state index in [1.54, 1.807) is 32.2 Å². The van der Waals surface area contributed by atoms with Gasteiger partial charge in [0.25, 0.3) is 0 Å². The number of carbonyl (C=O) groups excluding carboxylic acids is 1. The molecule has 0 heterocycles. The summed E-state index contributed by atoms with van der Waals surface area (Å²) < 4.78 is 5.22. The zero-order valence-electron chi connectivity index (χ0n) is 12.8. The Morgan fingerprint density at radius 3 is 2.68 bits per heavy atom. The number of carbonyl (C=O) groups is 1. The highest BCUT2D eigenvalue weighted by molar-refractivity contribution is 6.31. The summed E-state index contributed by atoms with van der Waals surface area (Å²) in [6.45, 7) is 3.81. The van der Waals surface area contributed by atoms with Gasteiger partial charge in [-0.1, -0.05) is 23.7 Å². The van der Waals surface area contributed by atoms with E-state index in [-0.39, 0.29) is 5.91 Å². The number of aryl methyl sites for hydroxylation is 1. The number of halogens is 1. The number of rotatable bonds is 5. The van der Waals surface area contributed by atoms with Crippen molar-refractivity contribution in [2.24, 2.45) is 0 Å². The quantitative estimate of drug-likeness (QED) is 0.872. The van der Waals surface area contributed by atoms with Crippen molar-refractivity contribution in [3.05, 3.63) is 53.1 Å². The number of hydrogen-bond acceptors (Lipinski definition) is 3. The van der Waals surface area contributed by atoms with Gasteiger partial charge in [-0.05, 0) is 49.7 Å². The largest absolute Gasteiger partial charge is 0.495 e. The van der Waals surface area contributed by atoms with Crippen LogP contribution in [0, 0.1) is 6.92 Å². The minimum Gasteiger partial charge on any atom is -0.495 e. The van der Waals surface area contributed by atoms with E-state index in [9.17, 15) is 4.79 Å². The van der Waals surface area contributed by atoms with E-state index in [4.69, 9.17) is 16.3 Å². The van der Waals surface area contributed by atoms with Gasteiger partial charge in [0.1, 0.15) is 11.8 Å². The van der Waals surface area contributed by atoms with E-state index in [1.807, 2.05) is 31.2 Å². The van der Waals surface area contributed by atoms with Crippen molar-refractivity contribution in [2.45, 2.75) is 19.9 Å². The summed E-state index contributed by atoms with van der Waals surface area (Å²) in [5.74, 6) is 0.405. The first-order valence-corrected chi connectivity index (χ1v) is 7.35. The molecule has 0 spiro atoms. The number of amides is 1. The molecule has 4 nitrogen and oxygen atoms in total. The highest BCUT2D eigenvalue weighted by atomic mass is 35.5. The Balaban J connectivity index is 2.07. The van der Waals surface area contributed by atoms with E-state index in [0.717, 1.165) is 11.3 Å². The predicted molar refractivity (Wildman–Crippen MR) is 90.9 cm³/mol. The Labute approximate surface area is 135 Å². The fraction of sp³-hybridized carbons (Fsp3) is 0.235. The molecule has 0 fully saturated rings. The highest BCUT2D eigenvalue weighted by Gasteiger charge is 2.15. The van der Waals surface area contributed by atoms with Gasteiger partial charge in [-0.25, -0.2) is 0 Å². The predicted octanol–water partition coefficient (Wildman–Crippen LogP) is 4.10. The van der Waals surface area contributed by atoms with Crippen molar-refractivity contribution in [2.75, 3.05) is 17.7 Å². The number of methoxy groups -OCH3 is 1. The third kappa shape index (κ3) is 4.15. The summed E-state index contributed by atoms with van der Waals surface area (Å²) in [5.41, 5.74) is 2.59. The summed E-state index contributed by atoms with van der Waals surface area (Å²) in [5, 5.41) is 6.53. The average molecular weight is 319 g/mol. The average Bonchev–Trinajstić information content (AvgIpc) is 2.47. The van der Waals surface area contributed by atoms with E-state index in [0.29, 0.717) is 16.5 Å². The molecule has 0 saturated heterocycles. The summed E-state index contributed by atoms with van der Waals surface area (Å²) >= 11 is 5.96. The maximum atomic E-state index is 12.3. The minimum atomic E-state index is -0.398. The molecule has 2 rings (SSSR count). The standard InChI is InChI=1S/C17H19ClN2O2/c1-11-5-4-6-14(9-11)19-12(2)17(21)20-15-10-13(18)7-8-16(15)22-3/h4-10,12,19H,1-3H3,(H,20,21)/t12-/m1/s1. The molecule has 116 valence electrons. The summed E-state index contributed by atoms with van der Waals surface area (Å²) in [7, 11) is 1.55. The topological polar surface area (TPSA) is 50.4 Å². The molecule has 5 heteroatoms.